The number of hydrogen-bond acceptors (Lipinski definition) is 5. The van der Waals surface area contributed by atoms with Gasteiger partial charge in [0.1, 0.15) is 5.60 Å². The number of esters is 1. The lowest BCUT2D eigenvalue weighted by Gasteiger charge is -2.39. The SMILES string of the molecule is CC1CCCC(C)N1C(=O)COC(=O)C1CCCN(C(=O)OC(C)(C)C)C1. The smallest absolute Gasteiger partial charge is 0.410 e. The van der Waals surface area contributed by atoms with Gasteiger partial charge in [0, 0.05) is 25.2 Å². The monoisotopic (exact) mass is 382 g/mol. The van der Waals surface area contributed by atoms with Gasteiger partial charge in [-0.15, -0.1) is 0 Å². The molecule has 0 bridgehead atoms. The summed E-state index contributed by atoms with van der Waals surface area (Å²) in [7, 11) is 0. The van der Waals surface area contributed by atoms with Gasteiger partial charge in [-0.2, -0.15) is 0 Å². The third-order valence-electron chi connectivity index (χ3n) is 5.23. The molecule has 2 rings (SSSR count). The number of carbonyl (C=O) groups excluding carboxylic acids is 3. The number of carbonyl (C=O) groups is 3. The first kappa shape index (κ1) is 21.5. The summed E-state index contributed by atoms with van der Waals surface area (Å²) in [5.74, 6) is -0.952. The van der Waals surface area contributed by atoms with Crippen LogP contribution in [0.5, 0.6) is 0 Å². The van der Waals surface area contributed by atoms with Crippen molar-refractivity contribution >= 4 is 18.0 Å². The molecule has 0 aromatic carbocycles. The highest BCUT2D eigenvalue weighted by atomic mass is 16.6. The van der Waals surface area contributed by atoms with Crippen molar-refractivity contribution in [3.05, 3.63) is 0 Å². The fourth-order valence-electron chi connectivity index (χ4n) is 3.90. The van der Waals surface area contributed by atoms with E-state index in [0.29, 0.717) is 19.4 Å². The Balaban J connectivity index is 1.84. The van der Waals surface area contributed by atoms with Crippen LogP contribution in [-0.4, -0.2) is 65.2 Å². The predicted octanol–water partition coefficient (Wildman–Crippen LogP) is 2.97. The zero-order valence-corrected chi connectivity index (χ0v) is 17.3. The minimum absolute atomic E-state index is 0.136. The number of amides is 2. The van der Waals surface area contributed by atoms with Gasteiger partial charge in [0.15, 0.2) is 6.61 Å². The van der Waals surface area contributed by atoms with E-state index in [9.17, 15) is 14.4 Å². The van der Waals surface area contributed by atoms with Crippen molar-refractivity contribution < 1.29 is 23.9 Å². The summed E-state index contributed by atoms with van der Waals surface area (Å²) in [6.45, 7) is 10.1. The molecule has 3 atom stereocenters. The van der Waals surface area contributed by atoms with Crippen molar-refractivity contribution in [1.82, 2.24) is 9.80 Å². The third-order valence-corrected chi connectivity index (χ3v) is 5.23. The Morgan fingerprint density at radius 1 is 1.00 bits per heavy atom. The molecule has 27 heavy (non-hydrogen) atoms. The molecule has 2 amide bonds. The van der Waals surface area contributed by atoms with Crippen molar-refractivity contribution in [2.45, 2.75) is 84.4 Å². The summed E-state index contributed by atoms with van der Waals surface area (Å²) in [4.78, 5) is 40.5. The van der Waals surface area contributed by atoms with Crippen LogP contribution >= 0.6 is 0 Å². The Morgan fingerprint density at radius 2 is 1.63 bits per heavy atom. The highest BCUT2D eigenvalue weighted by Gasteiger charge is 2.33. The van der Waals surface area contributed by atoms with E-state index in [-0.39, 0.29) is 31.1 Å². The van der Waals surface area contributed by atoms with Gasteiger partial charge in [0.25, 0.3) is 5.91 Å². The number of ether oxygens (including phenoxy) is 2. The molecule has 154 valence electrons. The lowest BCUT2D eigenvalue weighted by atomic mass is 9.97. The van der Waals surface area contributed by atoms with Crippen LogP contribution in [0.25, 0.3) is 0 Å². The van der Waals surface area contributed by atoms with E-state index >= 15 is 0 Å². The van der Waals surface area contributed by atoms with Gasteiger partial charge in [-0.1, -0.05) is 0 Å². The summed E-state index contributed by atoms with van der Waals surface area (Å²) >= 11 is 0. The van der Waals surface area contributed by atoms with Crippen LogP contribution in [0.3, 0.4) is 0 Å². The van der Waals surface area contributed by atoms with Crippen molar-refractivity contribution in [3.8, 4) is 0 Å². The van der Waals surface area contributed by atoms with Gasteiger partial charge >= 0.3 is 12.1 Å². The molecule has 7 nitrogen and oxygen atoms in total. The Hall–Kier alpha value is -1.79. The molecular weight excluding hydrogens is 348 g/mol. The molecular formula is C20H34N2O5. The lowest BCUT2D eigenvalue weighted by molar-refractivity contribution is -0.159. The van der Waals surface area contributed by atoms with Crippen LogP contribution in [0.15, 0.2) is 0 Å². The predicted molar refractivity (Wildman–Crippen MR) is 101 cm³/mol. The zero-order chi connectivity index (χ0) is 20.2. The number of rotatable bonds is 3. The largest absolute Gasteiger partial charge is 0.455 e. The minimum Gasteiger partial charge on any atom is -0.455 e. The zero-order valence-electron chi connectivity index (χ0n) is 17.3. The van der Waals surface area contributed by atoms with Crippen LogP contribution in [0, 0.1) is 5.92 Å². The molecule has 2 saturated heterocycles. The van der Waals surface area contributed by atoms with Crippen LogP contribution in [0.4, 0.5) is 4.79 Å². The molecule has 2 fully saturated rings. The second kappa shape index (κ2) is 8.93. The summed E-state index contributed by atoms with van der Waals surface area (Å²) in [6.07, 6.45) is 4.05. The maximum absolute atomic E-state index is 12.5. The maximum Gasteiger partial charge on any atom is 0.410 e. The standard InChI is InChI=1S/C20H34N2O5/c1-14-8-6-9-15(2)22(14)17(23)13-26-18(24)16-10-7-11-21(12-16)19(25)27-20(3,4)5/h14-16H,6-13H2,1-5H3. The molecule has 0 aliphatic carbocycles. The summed E-state index contributed by atoms with van der Waals surface area (Å²) in [5.41, 5.74) is -0.571. The highest BCUT2D eigenvalue weighted by molar-refractivity contribution is 5.82. The summed E-state index contributed by atoms with van der Waals surface area (Å²) in [5, 5.41) is 0. The van der Waals surface area contributed by atoms with E-state index < -0.39 is 23.6 Å². The second-order valence-electron chi connectivity index (χ2n) is 8.80. The number of nitrogens with zero attached hydrogens (tertiary/aromatic N) is 2. The molecule has 0 N–H and O–H groups in total. The molecule has 2 aliphatic heterocycles. The summed E-state index contributed by atoms with van der Waals surface area (Å²) < 4.78 is 10.7. The molecule has 3 unspecified atom stereocenters. The molecule has 0 aromatic heterocycles. The van der Waals surface area contributed by atoms with Crippen LogP contribution in [-0.2, 0) is 19.1 Å². The normalized spacial score (nSPS) is 26.5. The van der Waals surface area contributed by atoms with E-state index in [1.54, 1.807) is 4.90 Å². The first-order valence-electron chi connectivity index (χ1n) is 10.0. The minimum atomic E-state index is -0.571. The third kappa shape index (κ3) is 6.11. The topological polar surface area (TPSA) is 76.2 Å². The highest BCUT2D eigenvalue weighted by Crippen LogP contribution is 2.23. The Kier molecular flexibility index (Phi) is 7.12. The van der Waals surface area contributed by atoms with Crippen molar-refractivity contribution in [2.75, 3.05) is 19.7 Å². The number of piperidine rings is 2. The maximum atomic E-state index is 12.5. The van der Waals surface area contributed by atoms with E-state index in [0.717, 1.165) is 19.3 Å². The second-order valence-corrected chi connectivity index (χ2v) is 8.80. The fourth-order valence-corrected chi connectivity index (χ4v) is 3.90. The first-order chi connectivity index (χ1) is 12.6. The molecule has 2 aliphatic rings. The van der Waals surface area contributed by atoms with Gasteiger partial charge in [-0.05, 0) is 66.7 Å². The Bertz CT molecular complexity index is 547. The van der Waals surface area contributed by atoms with E-state index in [4.69, 9.17) is 9.47 Å². The molecule has 0 saturated carbocycles. The van der Waals surface area contributed by atoms with Gasteiger partial charge in [0.05, 0.1) is 5.92 Å². The van der Waals surface area contributed by atoms with Crippen molar-refractivity contribution in [2.24, 2.45) is 5.92 Å². The molecule has 2 heterocycles. The molecule has 0 radical (unpaired) electrons. The van der Waals surface area contributed by atoms with Crippen molar-refractivity contribution in [3.63, 3.8) is 0 Å². The average Bonchev–Trinajstić information content (AvgIpc) is 2.58. The Labute approximate surface area is 162 Å². The fraction of sp³-hybridized carbons (Fsp3) is 0.850. The van der Waals surface area contributed by atoms with Gasteiger partial charge in [-0.25, -0.2) is 4.79 Å². The quantitative estimate of drug-likeness (QED) is 0.702. The Morgan fingerprint density at radius 3 is 2.22 bits per heavy atom. The number of hydrogen-bond donors (Lipinski definition) is 0. The average molecular weight is 383 g/mol. The van der Waals surface area contributed by atoms with E-state index in [1.165, 1.54) is 0 Å². The number of likely N-dealkylation sites (tertiary alicyclic amines) is 2. The first-order valence-corrected chi connectivity index (χ1v) is 10.0. The van der Waals surface area contributed by atoms with Crippen molar-refractivity contribution in [1.29, 1.82) is 0 Å². The molecule has 7 heteroatoms. The lowest BCUT2D eigenvalue weighted by Crippen LogP contribution is -2.49. The van der Waals surface area contributed by atoms with Gasteiger partial charge < -0.3 is 19.3 Å². The molecule has 0 aromatic rings. The van der Waals surface area contributed by atoms with Gasteiger partial charge in [0.2, 0.25) is 0 Å². The van der Waals surface area contributed by atoms with E-state index in [1.807, 2.05) is 39.5 Å². The van der Waals surface area contributed by atoms with Gasteiger partial charge in [-0.3, -0.25) is 9.59 Å². The van der Waals surface area contributed by atoms with Crippen LogP contribution in [0.2, 0.25) is 0 Å². The van der Waals surface area contributed by atoms with Crippen LogP contribution < -0.4 is 0 Å². The van der Waals surface area contributed by atoms with E-state index in [2.05, 4.69) is 0 Å². The summed E-state index contributed by atoms with van der Waals surface area (Å²) in [6, 6.07) is 0.356. The van der Waals surface area contributed by atoms with Crippen LogP contribution in [0.1, 0.15) is 66.7 Å². The molecule has 0 spiro atoms.